The van der Waals surface area contributed by atoms with Crippen LogP contribution in [0, 0.1) is 11.7 Å². The molecule has 0 aliphatic carbocycles. The monoisotopic (exact) mass is 488 g/mol. The normalized spacial score (nSPS) is 24.9. The molecule has 4 aliphatic rings. The number of anilines is 1. The van der Waals surface area contributed by atoms with Gasteiger partial charge < -0.3 is 14.7 Å². The molecule has 0 spiro atoms. The molecule has 36 heavy (non-hydrogen) atoms. The van der Waals surface area contributed by atoms with Gasteiger partial charge in [-0.2, -0.15) is 0 Å². The molecular formula is C31H41FN4. The number of piperidine rings is 1. The fourth-order valence-corrected chi connectivity index (χ4v) is 7.24. The summed E-state index contributed by atoms with van der Waals surface area (Å²) in [4.78, 5) is 9.74. The van der Waals surface area contributed by atoms with Gasteiger partial charge in [0.2, 0.25) is 0 Å². The Morgan fingerprint density at radius 1 is 0.917 bits per heavy atom. The van der Waals surface area contributed by atoms with Gasteiger partial charge in [-0.1, -0.05) is 43.8 Å². The Kier molecular flexibility index (Phi) is 6.68. The lowest BCUT2D eigenvalue weighted by Gasteiger charge is -2.37. The molecular weight excluding hydrogens is 447 g/mol. The Morgan fingerprint density at radius 2 is 1.67 bits per heavy atom. The second-order valence-electron chi connectivity index (χ2n) is 11.7. The molecule has 4 heterocycles. The van der Waals surface area contributed by atoms with Crippen LogP contribution < -0.4 is 4.90 Å². The number of rotatable bonds is 7. The molecule has 192 valence electrons. The first-order chi connectivity index (χ1) is 17.5. The molecule has 0 amide bonds. The van der Waals surface area contributed by atoms with Gasteiger partial charge in [-0.25, -0.2) is 4.39 Å². The number of nitrogens with zero attached hydrogens (tertiary/aromatic N) is 4. The first-order valence-electron chi connectivity index (χ1n) is 14.1. The van der Waals surface area contributed by atoms with Gasteiger partial charge in [0.25, 0.3) is 0 Å². The standard InChI is InChI=1S/C31H41FN4/c1-23(19-33-15-14-26-6-3-4-7-27(26)22-33)20-34-16-17-35(24(34)2)21-25-10-13-31(30(32)18-25)36-28-8-5-9-29(36)12-11-28/h3-4,6-7,10,13,18,23,28-29H,2,5,8-9,11-12,14-17,19-22H2,1H3/t23-,28?,29?/m1/s1. The topological polar surface area (TPSA) is 13.0 Å². The Bertz CT molecular complexity index is 1080. The van der Waals surface area contributed by atoms with Crippen LogP contribution in [-0.4, -0.2) is 59.5 Å². The number of hydrogen-bond acceptors (Lipinski definition) is 4. The molecule has 3 fully saturated rings. The number of hydrogen-bond donors (Lipinski definition) is 0. The quantitative estimate of drug-likeness (QED) is 0.501. The summed E-state index contributed by atoms with van der Waals surface area (Å²) in [5.41, 5.74) is 4.86. The minimum atomic E-state index is -0.0512. The summed E-state index contributed by atoms with van der Waals surface area (Å²) in [7, 11) is 0. The van der Waals surface area contributed by atoms with Crippen LogP contribution >= 0.6 is 0 Å². The van der Waals surface area contributed by atoms with Gasteiger partial charge in [0.15, 0.2) is 0 Å². The highest BCUT2D eigenvalue weighted by Crippen LogP contribution is 2.40. The fraction of sp³-hybridized carbons (Fsp3) is 0.548. The summed E-state index contributed by atoms with van der Waals surface area (Å²) < 4.78 is 15.2. The Hall–Kier alpha value is -2.53. The van der Waals surface area contributed by atoms with Crippen molar-refractivity contribution in [2.24, 2.45) is 5.92 Å². The molecule has 2 bridgehead atoms. The van der Waals surface area contributed by atoms with Crippen LogP contribution in [0.3, 0.4) is 0 Å². The molecule has 3 saturated heterocycles. The highest BCUT2D eigenvalue weighted by molar-refractivity contribution is 5.52. The molecule has 0 N–H and O–H groups in total. The summed E-state index contributed by atoms with van der Waals surface area (Å²) in [5, 5.41) is 0. The Labute approximate surface area is 216 Å². The molecule has 0 aromatic heterocycles. The largest absolute Gasteiger partial charge is 0.363 e. The summed E-state index contributed by atoms with van der Waals surface area (Å²) >= 11 is 0. The van der Waals surface area contributed by atoms with Crippen molar-refractivity contribution >= 4 is 5.69 Å². The van der Waals surface area contributed by atoms with Crippen molar-refractivity contribution in [2.45, 2.75) is 70.6 Å². The number of halogens is 1. The van der Waals surface area contributed by atoms with Crippen LogP contribution in [0.25, 0.3) is 0 Å². The summed E-state index contributed by atoms with van der Waals surface area (Å²) in [5.74, 6) is 1.61. The van der Waals surface area contributed by atoms with E-state index >= 15 is 4.39 Å². The van der Waals surface area contributed by atoms with Gasteiger partial charge in [-0.15, -0.1) is 0 Å². The lowest BCUT2D eigenvalue weighted by atomic mass is 9.99. The third kappa shape index (κ3) is 4.74. The van der Waals surface area contributed by atoms with Gasteiger partial charge in [0.05, 0.1) is 11.5 Å². The Balaban J connectivity index is 1.02. The molecule has 4 aliphatic heterocycles. The molecule has 2 aromatic rings. The highest BCUT2D eigenvalue weighted by Gasteiger charge is 2.37. The molecule has 5 heteroatoms. The third-order valence-corrected chi connectivity index (χ3v) is 9.04. The SMILES string of the molecule is C=C1N(Cc2ccc(N3C4CCCC3CC4)c(F)c2)CCN1C[C@H](C)CN1CCc2ccccc2C1. The van der Waals surface area contributed by atoms with Gasteiger partial charge in [-0.3, -0.25) is 4.90 Å². The second-order valence-corrected chi connectivity index (χ2v) is 11.7. The predicted octanol–water partition coefficient (Wildman–Crippen LogP) is 5.63. The Morgan fingerprint density at radius 3 is 2.44 bits per heavy atom. The molecule has 6 rings (SSSR count). The predicted molar refractivity (Wildman–Crippen MR) is 145 cm³/mol. The molecule has 4 nitrogen and oxygen atoms in total. The van der Waals surface area contributed by atoms with E-state index in [1.165, 1.54) is 43.2 Å². The van der Waals surface area contributed by atoms with E-state index < -0.39 is 0 Å². The van der Waals surface area contributed by atoms with Gasteiger partial charge >= 0.3 is 0 Å². The lowest BCUT2D eigenvalue weighted by molar-refractivity contribution is 0.194. The highest BCUT2D eigenvalue weighted by atomic mass is 19.1. The van der Waals surface area contributed by atoms with Crippen LogP contribution in [0.1, 0.15) is 55.7 Å². The van der Waals surface area contributed by atoms with Crippen molar-refractivity contribution in [1.29, 1.82) is 0 Å². The maximum Gasteiger partial charge on any atom is 0.146 e. The molecule has 2 aromatic carbocycles. The van der Waals surface area contributed by atoms with Crippen molar-refractivity contribution < 1.29 is 4.39 Å². The van der Waals surface area contributed by atoms with Crippen LogP contribution in [0.15, 0.2) is 54.9 Å². The van der Waals surface area contributed by atoms with E-state index in [1.54, 1.807) is 6.07 Å². The minimum absolute atomic E-state index is 0.0512. The summed E-state index contributed by atoms with van der Waals surface area (Å²) in [6, 6.07) is 15.9. The van der Waals surface area contributed by atoms with Gasteiger partial charge in [0, 0.05) is 57.9 Å². The smallest absolute Gasteiger partial charge is 0.146 e. The molecule has 3 atom stereocenters. The van der Waals surface area contributed by atoms with E-state index in [9.17, 15) is 0 Å². The second kappa shape index (κ2) is 10.1. The van der Waals surface area contributed by atoms with Gasteiger partial charge in [-0.05, 0) is 73.3 Å². The zero-order valence-electron chi connectivity index (χ0n) is 21.8. The van der Waals surface area contributed by atoms with Crippen molar-refractivity contribution in [3.8, 4) is 0 Å². The zero-order valence-corrected chi connectivity index (χ0v) is 21.8. The number of fused-ring (bicyclic) bond motifs is 3. The average Bonchev–Trinajstić information content (AvgIpc) is 3.32. The van der Waals surface area contributed by atoms with Crippen LogP contribution in [0.4, 0.5) is 10.1 Å². The van der Waals surface area contributed by atoms with E-state index in [4.69, 9.17) is 0 Å². The maximum absolute atomic E-state index is 15.2. The first-order valence-corrected chi connectivity index (χ1v) is 14.1. The molecule has 0 saturated carbocycles. The minimum Gasteiger partial charge on any atom is -0.363 e. The summed E-state index contributed by atoms with van der Waals surface area (Å²) in [6.07, 6.45) is 7.32. The molecule has 0 radical (unpaired) electrons. The van der Waals surface area contributed by atoms with E-state index in [0.717, 1.165) is 69.3 Å². The van der Waals surface area contributed by atoms with Gasteiger partial charge in [0.1, 0.15) is 5.82 Å². The zero-order chi connectivity index (χ0) is 24.6. The molecule has 2 unspecified atom stereocenters. The van der Waals surface area contributed by atoms with Crippen molar-refractivity contribution in [3.05, 3.63) is 77.4 Å². The van der Waals surface area contributed by atoms with Crippen LogP contribution in [0.2, 0.25) is 0 Å². The fourth-order valence-electron chi connectivity index (χ4n) is 7.24. The average molecular weight is 489 g/mol. The van der Waals surface area contributed by atoms with Crippen molar-refractivity contribution in [2.75, 3.05) is 37.6 Å². The van der Waals surface area contributed by atoms with Crippen molar-refractivity contribution in [3.63, 3.8) is 0 Å². The maximum atomic E-state index is 15.2. The first kappa shape index (κ1) is 23.8. The van der Waals surface area contributed by atoms with Crippen LogP contribution in [-0.2, 0) is 19.5 Å². The van der Waals surface area contributed by atoms with E-state index in [-0.39, 0.29) is 5.82 Å². The van der Waals surface area contributed by atoms with E-state index in [1.807, 2.05) is 6.07 Å². The lowest BCUT2D eigenvalue weighted by Crippen LogP contribution is -2.40. The van der Waals surface area contributed by atoms with E-state index in [0.29, 0.717) is 18.0 Å². The van der Waals surface area contributed by atoms with E-state index in [2.05, 4.69) is 63.4 Å². The van der Waals surface area contributed by atoms with Crippen molar-refractivity contribution in [1.82, 2.24) is 14.7 Å². The summed E-state index contributed by atoms with van der Waals surface area (Å²) in [6.45, 7) is 13.8. The van der Waals surface area contributed by atoms with Crippen LogP contribution in [0.5, 0.6) is 0 Å². The third-order valence-electron chi connectivity index (χ3n) is 9.04. The number of benzene rings is 2.